The van der Waals surface area contributed by atoms with E-state index in [1.54, 1.807) is 24.3 Å². The highest BCUT2D eigenvalue weighted by Crippen LogP contribution is 2.50. The summed E-state index contributed by atoms with van der Waals surface area (Å²) in [4.78, 5) is 14.1. The van der Waals surface area contributed by atoms with Crippen LogP contribution in [0.3, 0.4) is 0 Å². The first-order valence-electron chi connectivity index (χ1n) is 13.2. The lowest BCUT2D eigenvalue weighted by molar-refractivity contribution is -0.126. The molecule has 0 aliphatic carbocycles. The van der Waals surface area contributed by atoms with E-state index < -0.39 is 26.0 Å². The molecule has 8 nitrogen and oxygen atoms in total. The lowest BCUT2D eigenvalue weighted by atomic mass is 9.75. The van der Waals surface area contributed by atoms with Gasteiger partial charge in [-0.1, -0.05) is 81.8 Å². The Morgan fingerprint density at radius 2 is 1.65 bits per heavy atom. The zero-order valence-electron chi connectivity index (χ0n) is 22.2. The van der Waals surface area contributed by atoms with Crippen molar-refractivity contribution in [2.24, 2.45) is 0 Å². The first-order chi connectivity index (χ1) is 19.2. The fraction of sp³-hybridized carbons (Fsp3) is 0.345. The molecule has 11 heteroatoms. The van der Waals surface area contributed by atoms with Crippen LogP contribution in [-0.4, -0.2) is 52.9 Å². The van der Waals surface area contributed by atoms with Gasteiger partial charge in [0.25, 0.3) is 5.91 Å². The fourth-order valence-corrected chi connectivity index (χ4v) is 7.52. The number of rotatable bonds is 9. The number of hydrogen-bond donors (Lipinski definition) is 3. The molecule has 0 radical (unpaired) electrons. The van der Waals surface area contributed by atoms with Crippen molar-refractivity contribution in [1.29, 1.82) is 0 Å². The van der Waals surface area contributed by atoms with E-state index in [4.69, 9.17) is 27.9 Å². The molecule has 3 aromatic carbocycles. The maximum atomic E-state index is 14.1. The Bertz CT molecular complexity index is 1460. The van der Waals surface area contributed by atoms with Crippen LogP contribution in [0, 0.1) is 0 Å². The molecule has 3 aromatic rings. The number of benzene rings is 3. The number of piperidine rings is 1. The number of nitrogens with zero attached hydrogens (tertiary/aromatic N) is 1. The van der Waals surface area contributed by atoms with Gasteiger partial charge in [-0.2, -0.15) is 13.8 Å². The van der Waals surface area contributed by atoms with Crippen LogP contribution in [0.4, 0.5) is 11.4 Å². The van der Waals surface area contributed by atoms with E-state index in [-0.39, 0.29) is 25.2 Å². The van der Waals surface area contributed by atoms with Gasteiger partial charge in [-0.3, -0.25) is 4.79 Å². The lowest BCUT2D eigenvalue weighted by Gasteiger charge is -2.36. The Kier molecular flexibility index (Phi) is 8.42. The fourth-order valence-electron chi connectivity index (χ4n) is 5.76. The molecule has 1 amide bonds. The first-order valence-corrected chi connectivity index (χ1v) is 15.8. The SMILES string of the molecule is CS(=O)(=O)[N+]1(NC(=O)C(COCc2ccccc2)Nc2c(Cl)cccc2Cl)CC2(CCNCC2)c2ccccc21. The largest absolute Gasteiger partial charge is 0.374 e. The number of halogens is 2. The maximum absolute atomic E-state index is 14.1. The molecule has 0 bridgehead atoms. The third kappa shape index (κ3) is 5.59. The normalized spacial score (nSPS) is 20.6. The minimum absolute atomic E-state index is 0.0528. The smallest absolute Gasteiger partial charge is 0.321 e. The van der Waals surface area contributed by atoms with Gasteiger partial charge < -0.3 is 15.4 Å². The zero-order valence-corrected chi connectivity index (χ0v) is 24.5. The summed E-state index contributed by atoms with van der Waals surface area (Å²) >= 11 is 12.8. The molecule has 0 saturated carbocycles. The Morgan fingerprint density at radius 3 is 2.33 bits per heavy atom. The Balaban J connectivity index is 1.48. The van der Waals surface area contributed by atoms with Crippen LogP contribution >= 0.6 is 23.2 Å². The molecule has 212 valence electrons. The van der Waals surface area contributed by atoms with Gasteiger partial charge in [0.1, 0.15) is 12.6 Å². The van der Waals surface area contributed by atoms with Crippen molar-refractivity contribution in [2.75, 3.05) is 37.8 Å². The third-order valence-corrected chi connectivity index (χ3v) is 9.98. The summed E-state index contributed by atoms with van der Waals surface area (Å²) in [6, 6.07) is 21.2. The number of quaternary nitrogens is 1. The number of anilines is 1. The highest BCUT2D eigenvalue weighted by molar-refractivity contribution is 7.90. The summed E-state index contributed by atoms with van der Waals surface area (Å²) in [5.41, 5.74) is 5.40. The number of carbonyl (C=O) groups excluding carboxylic acids is 1. The number of ether oxygens (including phenoxy) is 1. The van der Waals surface area contributed by atoms with Gasteiger partial charge in [0, 0.05) is 11.6 Å². The van der Waals surface area contributed by atoms with Crippen molar-refractivity contribution in [3.63, 3.8) is 0 Å². The van der Waals surface area contributed by atoms with Crippen molar-refractivity contribution >= 4 is 50.5 Å². The van der Waals surface area contributed by atoms with Crippen molar-refractivity contribution < 1.29 is 17.9 Å². The van der Waals surface area contributed by atoms with E-state index in [0.29, 0.717) is 21.4 Å². The first kappa shape index (κ1) is 28.9. The van der Waals surface area contributed by atoms with Crippen LogP contribution in [0.15, 0.2) is 72.8 Å². The predicted octanol–water partition coefficient (Wildman–Crippen LogP) is 4.62. The summed E-state index contributed by atoms with van der Waals surface area (Å²) in [6.45, 7) is 1.97. The average Bonchev–Trinajstić information content (AvgIpc) is 3.20. The molecule has 1 fully saturated rings. The van der Waals surface area contributed by atoms with Crippen molar-refractivity contribution in [3.8, 4) is 0 Å². The number of carbonyl (C=O) groups is 1. The predicted molar refractivity (Wildman–Crippen MR) is 160 cm³/mol. The standard InChI is InChI=1S/C29H32Cl2N4O4S/c1-40(37,38)35(20-29(14-16-32-17-15-29)22-10-5-6-13-26(22)35)34-28(36)25(19-39-18-21-8-3-2-4-9-21)33-27-23(30)11-7-12-24(27)31/h2-13,25,32-33H,14-20H2,1H3/p+1. The maximum Gasteiger partial charge on any atom is 0.321 e. The van der Waals surface area contributed by atoms with Crippen LogP contribution in [0.25, 0.3) is 0 Å². The van der Waals surface area contributed by atoms with E-state index in [0.717, 1.165) is 37.1 Å². The van der Waals surface area contributed by atoms with Crippen molar-refractivity contribution in [3.05, 3.63) is 94.0 Å². The average molecular weight is 605 g/mol. The highest BCUT2D eigenvalue weighted by atomic mass is 35.5. The molecular weight excluding hydrogens is 571 g/mol. The van der Waals surface area contributed by atoms with Gasteiger partial charge in [0.05, 0.1) is 40.6 Å². The van der Waals surface area contributed by atoms with E-state index in [2.05, 4.69) is 16.1 Å². The number of nitrogens with one attached hydrogen (secondary N) is 3. The van der Waals surface area contributed by atoms with Crippen LogP contribution in [0.2, 0.25) is 10.0 Å². The van der Waals surface area contributed by atoms with Crippen molar-refractivity contribution in [2.45, 2.75) is 30.9 Å². The molecule has 1 spiro atoms. The van der Waals surface area contributed by atoms with Crippen LogP contribution < -0.4 is 20.1 Å². The molecule has 2 heterocycles. The Hall–Kier alpha value is -2.66. The van der Waals surface area contributed by atoms with Crippen molar-refractivity contribution in [1.82, 2.24) is 14.7 Å². The van der Waals surface area contributed by atoms with Crippen LogP contribution in [-0.2, 0) is 31.6 Å². The summed E-state index contributed by atoms with van der Waals surface area (Å²) in [7, 11) is -3.87. The van der Waals surface area contributed by atoms with Gasteiger partial charge in [0.15, 0.2) is 5.69 Å². The van der Waals surface area contributed by atoms with Crippen LogP contribution in [0.5, 0.6) is 0 Å². The van der Waals surface area contributed by atoms with E-state index >= 15 is 0 Å². The quantitative estimate of drug-likeness (QED) is 0.309. The van der Waals surface area contributed by atoms with Gasteiger partial charge in [-0.25, -0.2) is 0 Å². The Morgan fingerprint density at radius 1 is 1.00 bits per heavy atom. The number of fused-ring (bicyclic) bond motifs is 2. The lowest BCUT2D eigenvalue weighted by Crippen LogP contribution is -2.68. The minimum atomic E-state index is -3.87. The van der Waals surface area contributed by atoms with Gasteiger partial charge in [0.2, 0.25) is 0 Å². The Labute approximate surface area is 245 Å². The highest BCUT2D eigenvalue weighted by Gasteiger charge is 2.60. The number of amides is 1. The second-order valence-corrected chi connectivity index (χ2v) is 13.4. The molecule has 5 rings (SSSR count). The monoisotopic (exact) mass is 603 g/mol. The van der Waals surface area contributed by atoms with Gasteiger partial charge in [-0.05, 0) is 43.6 Å². The van der Waals surface area contributed by atoms with E-state index in [1.807, 2.05) is 48.5 Å². The summed E-state index contributed by atoms with van der Waals surface area (Å²) in [5, 5.41) is 7.16. The molecule has 2 aliphatic rings. The molecule has 0 aromatic heterocycles. The second kappa shape index (κ2) is 11.7. The van der Waals surface area contributed by atoms with E-state index in [9.17, 15) is 13.2 Å². The molecule has 40 heavy (non-hydrogen) atoms. The summed E-state index contributed by atoms with van der Waals surface area (Å²) in [6.07, 6.45) is 2.71. The summed E-state index contributed by atoms with van der Waals surface area (Å²) < 4.78 is 32.5. The molecule has 2 atom stereocenters. The molecular formula is C29H33Cl2N4O4S+. The number of para-hydroxylation sites is 2. The van der Waals surface area contributed by atoms with E-state index in [1.165, 1.54) is 6.26 Å². The molecule has 2 aliphatic heterocycles. The molecule has 1 saturated heterocycles. The zero-order chi connectivity index (χ0) is 28.4. The minimum Gasteiger partial charge on any atom is -0.374 e. The van der Waals surface area contributed by atoms with Gasteiger partial charge in [-0.15, -0.1) is 0 Å². The number of sulfonamides is 1. The molecule has 3 N–H and O–H groups in total. The summed E-state index contributed by atoms with van der Waals surface area (Å²) in [5.74, 6) is -0.546. The third-order valence-electron chi connectivity index (χ3n) is 7.80. The number of hydrogen-bond acceptors (Lipinski definition) is 6. The topological polar surface area (TPSA) is 96.5 Å². The van der Waals surface area contributed by atoms with Crippen LogP contribution in [0.1, 0.15) is 24.0 Å². The second-order valence-electron chi connectivity index (χ2n) is 10.4. The molecule has 2 unspecified atom stereocenters. The van der Waals surface area contributed by atoms with Gasteiger partial charge >= 0.3 is 10.0 Å².